The Bertz CT molecular complexity index is 698. The molecular formula is C14H10BrFN2O2. The molecule has 0 radical (unpaired) electrons. The normalized spacial score (nSPS) is 9.90. The zero-order valence-corrected chi connectivity index (χ0v) is 12.1. The molecule has 2 aromatic rings. The standard InChI is InChI=1S/C14H10BrFN2O2/c1-19-14-4-8(7-17)2-3-12(14)20-13-5-9(15)10(16)6-11(13)18/h2-6H,18H2,1H3. The Balaban J connectivity index is 2.40. The van der Waals surface area contributed by atoms with Crippen LogP contribution in [0, 0.1) is 17.1 Å². The van der Waals surface area contributed by atoms with E-state index in [1.54, 1.807) is 18.2 Å². The van der Waals surface area contributed by atoms with Crippen molar-refractivity contribution in [2.24, 2.45) is 0 Å². The van der Waals surface area contributed by atoms with Gasteiger partial charge in [0.05, 0.1) is 28.9 Å². The molecule has 102 valence electrons. The van der Waals surface area contributed by atoms with Gasteiger partial charge in [-0.1, -0.05) is 0 Å². The molecule has 2 N–H and O–H groups in total. The highest BCUT2D eigenvalue weighted by molar-refractivity contribution is 9.10. The van der Waals surface area contributed by atoms with Crippen LogP contribution in [0.25, 0.3) is 0 Å². The molecule has 0 spiro atoms. The van der Waals surface area contributed by atoms with Crippen LogP contribution in [0.15, 0.2) is 34.8 Å². The van der Waals surface area contributed by atoms with Gasteiger partial charge in [0.25, 0.3) is 0 Å². The van der Waals surface area contributed by atoms with Crippen molar-refractivity contribution in [3.63, 3.8) is 0 Å². The molecule has 0 bridgehead atoms. The number of rotatable bonds is 3. The Morgan fingerprint density at radius 2 is 1.95 bits per heavy atom. The van der Waals surface area contributed by atoms with E-state index < -0.39 is 5.82 Å². The molecule has 0 fully saturated rings. The number of hydrogen-bond acceptors (Lipinski definition) is 4. The first-order chi connectivity index (χ1) is 9.55. The Kier molecular flexibility index (Phi) is 4.11. The van der Waals surface area contributed by atoms with E-state index >= 15 is 0 Å². The molecule has 0 aliphatic carbocycles. The second-order valence-electron chi connectivity index (χ2n) is 3.88. The maximum absolute atomic E-state index is 13.3. The number of hydrogen-bond donors (Lipinski definition) is 1. The summed E-state index contributed by atoms with van der Waals surface area (Å²) in [5, 5.41) is 8.83. The van der Waals surface area contributed by atoms with Gasteiger partial charge >= 0.3 is 0 Å². The van der Waals surface area contributed by atoms with Crippen LogP contribution in [0.4, 0.5) is 10.1 Å². The molecule has 0 amide bonds. The van der Waals surface area contributed by atoms with Crippen LogP contribution in [-0.2, 0) is 0 Å². The molecule has 0 unspecified atom stereocenters. The lowest BCUT2D eigenvalue weighted by Crippen LogP contribution is -1.96. The van der Waals surface area contributed by atoms with Crippen molar-refractivity contribution in [2.45, 2.75) is 0 Å². The van der Waals surface area contributed by atoms with E-state index in [4.69, 9.17) is 20.5 Å². The summed E-state index contributed by atoms with van der Waals surface area (Å²) in [6.45, 7) is 0. The summed E-state index contributed by atoms with van der Waals surface area (Å²) < 4.78 is 24.3. The van der Waals surface area contributed by atoms with E-state index in [0.717, 1.165) is 6.07 Å². The quantitative estimate of drug-likeness (QED) is 0.864. The lowest BCUT2D eigenvalue weighted by molar-refractivity contribution is 0.379. The number of benzene rings is 2. The second-order valence-corrected chi connectivity index (χ2v) is 4.74. The van der Waals surface area contributed by atoms with Gasteiger partial charge in [0.1, 0.15) is 5.82 Å². The predicted molar refractivity (Wildman–Crippen MR) is 76.3 cm³/mol. The Morgan fingerprint density at radius 1 is 1.20 bits per heavy atom. The van der Waals surface area contributed by atoms with Crippen molar-refractivity contribution in [1.82, 2.24) is 0 Å². The highest BCUT2D eigenvalue weighted by Crippen LogP contribution is 2.36. The minimum atomic E-state index is -0.471. The van der Waals surface area contributed by atoms with Crippen molar-refractivity contribution in [1.29, 1.82) is 5.26 Å². The van der Waals surface area contributed by atoms with E-state index in [1.807, 2.05) is 6.07 Å². The smallest absolute Gasteiger partial charge is 0.169 e. The number of nitrogens with zero attached hydrogens (tertiary/aromatic N) is 1. The number of nitrogen functional groups attached to an aromatic ring is 1. The minimum Gasteiger partial charge on any atom is -0.493 e. The summed E-state index contributed by atoms with van der Waals surface area (Å²) in [6, 6.07) is 9.33. The van der Waals surface area contributed by atoms with E-state index in [-0.39, 0.29) is 10.2 Å². The van der Waals surface area contributed by atoms with Crippen LogP contribution in [-0.4, -0.2) is 7.11 Å². The predicted octanol–water partition coefficient (Wildman–Crippen LogP) is 3.84. The summed E-state index contributed by atoms with van der Waals surface area (Å²) in [4.78, 5) is 0. The van der Waals surface area contributed by atoms with Gasteiger partial charge in [-0.15, -0.1) is 0 Å². The molecular weight excluding hydrogens is 327 g/mol. The van der Waals surface area contributed by atoms with Gasteiger partial charge in [0.2, 0.25) is 0 Å². The van der Waals surface area contributed by atoms with Gasteiger partial charge in [-0.25, -0.2) is 4.39 Å². The van der Waals surface area contributed by atoms with Gasteiger partial charge in [0, 0.05) is 18.2 Å². The number of anilines is 1. The first-order valence-electron chi connectivity index (χ1n) is 5.55. The average molecular weight is 337 g/mol. The maximum atomic E-state index is 13.3. The molecule has 2 rings (SSSR count). The summed E-state index contributed by atoms with van der Waals surface area (Å²) in [6.07, 6.45) is 0. The summed E-state index contributed by atoms with van der Waals surface area (Å²) in [5.74, 6) is 0.600. The largest absolute Gasteiger partial charge is 0.493 e. The van der Waals surface area contributed by atoms with Gasteiger partial charge < -0.3 is 15.2 Å². The number of halogens is 2. The number of ether oxygens (including phenoxy) is 2. The van der Waals surface area contributed by atoms with Crippen molar-refractivity contribution in [3.8, 4) is 23.3 Å². The minimum absolute atomic E-state index is 0.164. The van der Waals surface area contributed by atoms with Crippen molar-refractivity contribution >= 4 is 21.6 Å². The Hall–Kier alpha value is -2.26. The van der Waals surface area contributed by atoms with E-state index in [1.165, 1.54) is 13.2 Å². The van der Waals surface area contributed by atoms with Crippen LogP contribution >= 0.6 is 15.9 Å². The summed E-state index contributed by atoms with van der Waals surface area (Å²) in [5.41, 5.74) is 6.32. The van der Waals surface area contributed by atoms with Crippen LogP contribution in [0.5, 0.6) is 17.2 Å². The third-order valence-corrected chi connectivity index (χ3v) is 3.17. The maximum Gasteiger partial charge on any atom is 0.169 e. The molecule has 0 heterocycles. The Labute approximate surface area is 123 Å². The third kappa shape index (κ3) is 2.83. The highest BCUT2D eigenvalue weighted by Gasteiger charge is 2.11. The fourth-order valence-corrected chi connectivity index (χ4v) is 1.89. The molecule has 2 aromatic carbocycles. The van der Waals surface area contributed by atoms with E-state index in [9.17, 15) is 4.39 Å². The fraction of sp³-hybridized carbons (Fsp3) is 0.0714. The first-order valence-corrected chi connectivity index (χ1v) is 6.35. The second kappa shape index (κ2) is 5.80. The first kappa shape index (κ1) is 14.2. The lowest BCUT2D eigenvalue weighted by atomic mass is 10.2. The SMILES string of the molecule is COc1cc(C#N)ccc1Oc1cc(Br)c(F)cc1N. The molecule has 6 heteroatoms. The third-order valence-electron chi connectivity index (χ3n) is 2.57. The van der Waals surface area contributed by atoms with Crippen LogP contribution in [0.3, 0.4) is 0 Å². The lowest BCUT2D eigenvalue weighted by Gasteiger charge is -2.12. The van der Waals surface area contributed by atoms with Crippen molar-refractivity contribution < 1.29 is 13.9 Å². The molecule has 0 aromatic heterocycles. The molecule has 0 saturated heterocycles. The van der Waals surface area contributed by atoms with Gasteiger partial charge in [-0.3, -0.25) is 0 Å². The fourth-order valence-electron chi connectivity index (χ4n) is 1.57. The Morgan fingerprint density at radius 3 is 2.60 bits per heavy atom. The number of methoxy groups -OCH3 is 1. The topological polar surface area (TPSA) is 68.3 Å². The zero-order valence-electron chi connectivity index (χ0n) is 10.5. The van der Waals surface area contributed by atoms with Gasteiger partial charge in [-0.2, -0.15) is 5.26 Å². The van der Waals surface area contributed by atoms with Crippen LogP contribution < -0.4 is 15.2 Å². The molecule has 0 saturated carbocycles. The zero-order chi connectivity index (χ0) is 14.7. The molecule has 4 nitrogen and oxygen atoms in total. The summed E-state index contributed by atoms with van der Waals surface area (Å²) >= 11 is 3.07. The number of nitrogens with two attached hydrogens (primary N) is 1. The van der Waals surface area contributed by atoms with Crippen LogP contribution in [0.1, 0.15) is 5.56 Å². The monoisotopic (exact) mass is 336 g/mol. The molecule has 0 aliphatic heterocycles. The van der Waals surface area contributed by atoms with E-state index in [2.05, 4.69) is 15.9 Å². The summed E-state index contributed by atoms with van der Waals surface area (Å²) in [7, 11) is 1.47. The molecule has 20 heavy (non-hydrogen) atoms. The molecule has 0 aliphatic rings. The highest BCUT2D eigenvalue weighted by atomic mass is 79.9. The molecule has 0 atom stereocenters. The van der Waals surface area contributed by atoms with Crippen LogP contribution in [0.2, 0.25) is 0 Å². The van der Waals surface area contributed by atoms with Gasteiger partial charge in [0.15, 0.2) is 17.2 Å². The van der Waals surface area contributed by atoms with Crippen molar-refractivity contribution in [2.75, 3.05) is 12.8 Å². The number of nitriles is 1. The van der Waals surface area contributed by atoms with E-state index in [0.29, 0.717) is 22.8 Å². The average Bonchev–Trinajstić information content (AvgIpc) is 2.45. The van der Waals surface area contributed by atoms with Crippen molar-refractivity contribution in [3.05, 3.63) is 46.2 Å². The van der Waals surface area contributed by atoms with Gasteiger partial charge in [-0.05, 0) is 28.1 Å².